The number of nitrogens with zero attached hydrogens (tertiary/aromatic N) is 1. The molecule has 0 saturated carbocycles. The fourth-order valence-electron chi connectivity index (χ4n) is 1.42. The van der Waals surface area contributed by atoms with Crippen molar-refractivity contribution in [1.82, 2.24) is 9.97 Å². The molecule has 0 radical (unpaired) electrons. The number of aromatic nitrogens is 2. The molecule has 5 heteroatoms. The Hall–Kier alpha value is -0.480. The predicted molar refractivity (Wildman–Crippen MR) is 54.6 cm³/mol. The van der Waals surface area contributed by atoms with Gasteiger partial charge < -0.3 is 0 Å². The largest absolute Gasteiger partial charge is 0.297 e. The molecule has 1 aliphatic heterocycles. The fraction of sp³-hybridized carbons (Fsp3) is 0.500. The van der Waals surface area contributed by atoms with Crippen LogP contribution in [0.3, 0.4) is 0 Å². The highest BCUT2D eigenvalue weighted by Crippen LogP contribution is 2.16. The van der Waals surface area contributed by atoms with E-state index in [1.165, 1.54) is 0 Å². The third kappa shape index (κ3) is 1.89. The first-order valence-electron chi connectivity index (χ1n) is 4.12. The minimum atomic E-state index is -0.0718. The van der Waals surface area contributed by atoms with Crippen LogP contribution < -0.4 is 5.56 Å². The fourth-order valence-corrected chi connectivity index (χ4v) is 2.50. The number of nitrogens with one attached hydrogen (secondary N) is 1. The average molecular weight is 217 g/mol. The smallest absolute Gasteiger partial charge is 0.255 e. The molecule has 2 heterocycles. The lowest BCUT2D eigenvalue weighted by atomic mass is 10.1. The van der Waals surface area contributed by atoms with E-state index < -0.39 is 0 Å². The van der Waals surface area contributed by atoms with Crippen molar-refractivity contribution >= 4 is 23.4 Å². The van der Waals surface area contributed by atoms with Gasteiger partial charge in [-0.25, -0.2) is 4.98 Å². The van der Waals surface area contributed by atoms with E-state index >= 15 is 0 Å². The number of halogens is 1. The Labute approximate surface area is 84.9 Å². The third-order valence-corrected chi connectivity index (χ3v) is 3.22. The van der Waals surface area contributed by atoms with Gasteiger partial charge in [-0.3, -0.25) is 9.78 Å². The summed E-state index contributed by atoms with van der Waals surface area (Å²) in [5, 5.41) is 0.204. The minimum Gasteiger partial charge on any atom is -0.297 e. The van der Waals surface area contributed by atoms with Crippen molar-refractivity contribution in [3.63, 3.8) is 0 Å². The van der Waals surface area contributed by atoms with Gasteiger partial charge in [-0.15, -0.1) is 0 Å². The predicted octanol–water partition coefficient (Wildman–Crippen LogP) is 1.26. The summed E-state index contributed by atoms with van der Waals surface area (Å²) in [4.78, 5) is 18.1. The second kappa shape index (κ2) is 3.72. The van der Waals surface area contributed by atoms with E-state index in [4.69, 9.17) is 11.6 Å². The third-order valence-electron chi connectivity index (χ3n) is 2.05. The Morgan fingerprint density at radius 3 is 3.00 bits per heavy atom. The molecule has 13 heavy (non-hydrogen) atoms. The second-order valence-electron chi connectivity index (χ2n) is 2.89. The Morgan fingerprint density at radius 1 is 1.38 bits per heavy atom. The SMILES string of the molecule is O=c1[nH]c(Cl)nc2c1CCSCC2. The number of thioether (sulfide) groups is 1. The molecular weight excluding hydrogens is 208 g/mol. The molecule has 1 aliphatic rings. The maximum Gasteiger partial charge on any atom is 0.255 e. The van der Waals surface area contributed by atoms with Crippen LogP contribution in [0.2, 0.25) is 5.28 Å². The summed E-state index contributed by atoms with van der Waals surface area (Å²) in [5.74, 6) is 2.03. The first kappa shape index (κ1) is 9.09. The molecule has 0 spiro atoms. The zero-order valence-corrected chi connectivity index (χ0v) is 8.54. The zero-order chi connectivity index (χ0) is 9.26. The van der Waals surface area contributed by atoms with E-state index in [9.17, 15) is 4.79 Å². The molecule has 3 nitrogen and oxygen atoms in total. The van der Waals surface area contributed by atoms with E-state index in [1.807, 2.05) is 11.8 Å². The maximum atomic E-state index is 11.4. The van der Waals surface area contributed by atoms with Crippen molar-refractivity contribution in [3.05, 3.63) is 26.9 Å². The van der Waals surface area contributed by atoms with Crippen LogP contribution in [0.4, 0.5) is 0 Å². The topological polar surface area (TPSA) is 45.8 Å². The number of fused-ring (bicyclic) bond motifs is 1. The zero-order valence-electron chi connectivity index (χ0n) is 6.97. The highest BCUT2D eigenvalue weighted by molar-refractivity contribution is 7.99. The lowest BCUT2D eigenvalue weighted by molar-refractivity contribution is 0.929. The van der Waals surface area contributed by atoms with Crippen LogP contribution in [0.25, 0.3) is 0 Å². The number of H-pyrrole nitrogens is 1. The standard InChI is InChI=1S/C8H9ClN2OS/c9-8-10-6-2-4-13-3-1-5(6)7(12)11-8/h1-4H2,(H,10,11,12). The molecule has 0 atom stereocenters. The highest BCUT2D eigenvalue weighted by Gasteiger charge is 2.13. The lowest BCUT2D eigenvalue weighted by Crippen LogP contribution is -2.17. The van der Waals surface area contributed by atoms with Crippen LogP contribution in [0, 0.1) is 0 Å². The number of rotatable bonds is 0. The number of hydrogen-bond donors (Lipinski definition) is 1. The lowest BCUT2D eigenvalue weighted by Gasteiger charge is -2.01. The Kier molecular flexibility index (Phi) is 2.60. The summed E-state index contributed by atoms with van der Waals surface area (Å²) in [6.07, 6.45) is 1.66. The number of hydrogen-bond acceptors (Lipinski definition) is 3. The molecule has 70 valence electrons. The van der Waals surface area contributed by atoms with Crippen LogP contribution in [0.5, 0.6) is 0 Å². The molecule has 1 aromatic heterocycles. The first-order chi connectivity index (χ1) is 6.27. The van der Waals surface area contributed by atoms with Crippen LogP contribution in [0.1, 0.15) is 11.3 Å². The van der Waals surface area contributed by atoms with Crippen molar-refractivity contribution in [2.75, 3.05) is 11.5 Å². The van der Waals surface area contributed by atoms with Crippen molar-refractivity contribution < 1.29 is 0 Å². The van der Waals surface area contributed by atoms with Crippen molar-refractivity contribution in [3.8, 4) is 0 Å². The molecule has 1 aromatic rings. The first-order valence-corrected chi connectivity index (χ1v) is 5.66. The van der Waals surface area contributed by atoms with Crippen molar-refractivity contribution in [2.24, 2.45) is 0 Å². The van der Waals surface area contributed by atoms with Gasteiger partial charge in [0.1, 0.15) is 0 Å². The Bertz CT molecular complexity index is 377. The highest BCUT2D eigenvalue weighted by atomic mass is 35.5. The van der Waals surface area contributed by atoms with Crippen molar-refractivity contribution in [2.45, 2.75) is 12.8 Å². The molecular formula is C8H9ClN2OS. The molecule has 0 aromatic carbocycles. The molecule has 0 amide bonds. The van der Waals surface area contributed by atoms with Gasteiger partial charge in [0, 0.05) is 5.56 Å². The van der Waals surface area contributed by atoms with Gasteiger partial charge >= 0.3 is 0 Å². The quantitative estimate of drug-likeness (QED) is 0.664. The van der Waals surface area contributed by atoms with Crippen LogP contribution >= 0.6 is 23.4 Å². The summed E-state index contributed by atoms with van der Waals surface area (Å²) < 4.78 is 0. The van der Waals surface area contributed by atoms with Gasteiger partial charge in [0.05, 0.1) is 5.69 Å². The Balaban J connectivity index is 2.53. The summed E-state index contributed by atoms with van der Waals surface area (Å²) in [6.45, 7) is 0. The summed E-state index contributed by atoms with van der Waals surface area (Å²) in [6, 6.07) is 0. The van der Waals surface area contributed by atoms with Crippen LogP contribution in [-0.2, 0) is 12.8 Å². The van der Waals surface area contributed by atoms with Gasteiger partial charge in [0.25, 0.3) is 5.56 Å². The molecule has 0 bridgehead atoms. The monoisotopic (exact) mass is 216 g/mol. The van der Waals surface area contributed by atoms with Crippen LogP contribution in [0.15, 0.2) is 4.79 Å². The minimum absolute atomic E-state index is 0.0718. The van der Waals surface area contributed by atoms with E-state index in [1.54, 1.807) is 0 Å². The van der Waals surface area contributed by atoms with Crippen molar-refractivity contribution in [1.29, 1.82) is 0 Å². The number of aryl methyl sites for hydroxylation is 1. The number of aromatic amines is 1. The molecule has 1 N–H and O–H groups in total. The normalized spacial score (nSPS) is 16.4. The molecule has 0 aliphatic carbocycles. The van der Waals surface area contributed by atoms with Gasteiger partial charge in [0.2, 0.25) is 5.28 Å². The summed E-state index contributed by atoms with van der Waals surface area (Å²) in [5.41, 5.74) is 1.62. The van der Waals surface area contributed by atoms with E-state index in [-0.39, 0.29) is 10.8 Å². The molecule has 0 saturated heterocycles. The van der Waals surface area contributed by atoms with E-state index in [0.717, 1.165) is 35.6 Å². The summed E-state index contributed by atoms with van der Waals surface area (Å²) >= 11 is 7.51. The molecule has 0 fully saturated rings. The molecule has 2 rings (SSSR count). The van der Waals surface area contributed by atoms with Gasteiger partial charge in [-0.05, 0) is 35.9 Å². The van der Waals surface area contributed by atoms with Gasteiger partial charge in [-0.1, -0.05) is 0 Å². The molecule has 0 unspecified atom stereocenters. The maximum absolute atomic E-state index is 11.4. The average Bonchev–Trinajstić information content (AvgIpc) is 2.28. The summed E-state index contributed by atoms with van der Waals surface area (Å²) in [7, 11) is 0. The van der Waals surface area contributed by atoms with Crippen LogP contribution in [-0.4, -0.2) is 21.5 Å². The van der Waals surface area contributed by atoms with E-state index in [0.29, 0.717) is 0 Å². The van der Waals surface area contributed by atoms with E-state index in [2.05, 4.69) is 9.97 Å². The second-order valence-corrected chi connectivity index (χ2v) is 4.48. The Morgan fingerprint density at radius 2 is 2.15 bits per heavy atom. The van der Waals surface area contributed by atoms with Gasteiger partial charge in [-0.2, -0.15) is 11.8 Å². The van der Waals surface area contributed by atoms with Gasteiger partial charge in [0.15, 0.2) is 0 Å².